The maximum atomic E-state index is 12.9. The van der Waals surface area contributed by atoms with E-state index in [9.17, 15) is 9.59 Å². The lowest BCUT2D eigenvalue weighted by atomic mass is 10.00. The van der Waals surface area contributed by atoms with E-state index in [4.69, 9.17) is 0 Å². The third-order valence-electron chi connectivity index (χ3n) is 5.63. The minimum absolute atomic E-state index is 0.0110. The second-order valence-electron chi connectivity index (χ2n) is 8.30. The molecule has 3 aromatic rings. The number of amides is 2. The molecule has 2 amide bonds. The van der Waals surface area contributed by atoms with Crippen molar-refractivity contribution in [2.45, 2.75) is 38.0 Å². The minimum Gasteiger partial charge on any atom is -0.326 e. The van der Waals surface area contributed by atoms with Gasteiger partial charge in [-0.15, -0.1) is 11.8 Å². The molecule has 0 unspecified atom stereocenters. The van der Waals surface area contributed by atoms with Crippen LogP contribution >= 0.6 is 11.8 Å². The lowest BCUT2D eigenvalue weighted by Gasteiger charge is -2.28. The van der Waals surface area contributed by atoms with E-state index in [1.54, 1.807) is 11.8 Å². The first-order valence-corrected chi connectivity index (χ1v) is 12.0. The van der Waals surface area contributed by atoms with Gasteiger partial charge in [-0.1, -0.05) is 74.5 Å². The van der Waals surface area contributed by atoms with Gasteiger partial charge in [0.2, 0.25) is 11.8 Å². The Labute approximate surface area is 194 Å². The Morgan fingerprint density at radius 1 is 1.03 bits per heavy atom. The summed E-state index contributed by atoms with van der Waals surface area (Å²) < 4.78 is 0. The number of aryl methyl sites for hydroxylation is 1. The molecular weight excluding hydrogens is 416 g/mol. The van der Waals surface area contributed by atoms with E-state index in [-0.39, 0.29) is 17.2 Å². The van der Waals surface area contributed by atoms with Gasteiger partial charge in [0, 0.05) is 17.8 Å². The average molecular weight is 445 g/mol. The number of benzene rings is 3. The van der Waals surface area contributed by atoms with Crippen LogP contribution in [0.3, 0.4) is 0 Å². The molecule has 1 saturated heterocycles. The summed E-state index contributed by atoms with van der Waals surface area (Å²) in [5.41, 5.74) is 5.06. The highest BCUT2D eigenvalue weighted by Gasteiger charge is 2.35. The molecule has 1 N–H and O–H groups in total. The Kier molecular flexibility index (Phi) is 6.96. The van der Waals surface area contributed by atoms with Crippen molar-refractivity contribution in [1.82, 2.24) is 0 Å². The van der Waals surface area contributed by atoms with Crippen LogP contribution in [0.4, 0.5) is 11.4 Å². The van der Waals surface area contributed by atoms with Crippen LogP contribution in [0.15, 0.2) is 78.9 Å². The number of carbonyl (C=O) groups excluding carboxylic acids is 2. The first-order chi connectivity index (χ1) is 15.5. The normalized spacial score (nSPS) is 15.9. The maximum absolute atomic E-state index is 12.9. The van der Waals surface area contributed by atoms with Crippen LogP contribution in [0, 0.1) is 0 Å². The molecule has 0 bridgehead atoms. The predicted octanol–water partition coefficient (Wildman–Crippen LogP) is 6.16. The van der Waals surface area contributed by atoms with Crippen molar-refractivity contribution in [3.8, 4) is 0 Å². The molecule has 32 heavy (non-hydrogen) atoms. The first kappa shape index (κ1) is 22.2. The van der Waals surface area contributed by atoms with E-state index in [1.807, 2.05) is 77.7 Å². The smallest absolute Gasteiger partial charge is 0.238 e. The lowest BCUT2D eigenvalue weighted by Crippen LogP contribution is -2.29. The number of nitrogens with one attached hydrogen (secondary N) is 1. The molecule has 0 aromatic heterocycles. The van der Waals surface area contributed by atoms with E-state index in [1.165, 1.54) is 5.56 Å². The molecule has 3 aromatic carbocycles. The molecule has 0 spiro atoms. The zero-order valence-corrected chi connectivity index (χ0v) is 19.3. The molecule has 1 heterocycles. The number of nitrogens with zero attached hydrogens (tertiary/aromatic N) is 1. The summed E-state index contributed by atoms with van der Waals surface area (Å²) in [5, 5.41) is 2.91. The molecule has 0 saturated carbocycles. The quantitative estimate of drug-likeness (QED) is 0.475. The summed E-state index contributed by atoms with van der Waals surface area (Å²) in [6.07, 6.45) is 1.14. The Balaban J connectivity index is 1.51. The van der Waals surface area contributed by atoms with E-state index < -0.39 is 0 Å². The van der Waals surface area contributed by atoms with E-state index in [0.717, 1.165) is 22.5 Å². The fourth-order valence-electron chi connectivity index (χ4n) is 4.02. The number of carbonyl (C=O) groups is 2. The average Bonchev–Trinajstić information content (AvgIpc) is 3.20. The molecule has 0 aliphatic carbocycles. The number of rotatable bonds is 7. The molecule has 164 valence electrons. The number of thioether (sulfide) groups is 1. The summed E-state index contributed by atoms with van der Waals surface area (Å²) in [5.74, 6) is 0.874. The summed E-state index contributed by atoms with van der Waals surface area (Å²) in [4.78, 5) is 27.3. The van der Waals surface area contributed by atoms with Crippen LogP contribution in [0.1, 0.15) is 48.3 Å². The van der Waals surface area contributed by atoms with Crippen LogP contribution in [0.25, 0.3) is 0 Å². The highest BCUT2D eigenvalue weighted by molar-refractivity contribution is 8.00. The van der Waals surface area contributed by atoms with Crippen molar-refractivity contribution in [2.24, 2.45) is 0 Å². The van der Waals surface area contributed by atoms with Gasteiger partial charge in [0.15, 0.2) is 0 Å². The third-order valence-corrected chi connectivity index (χ3v) is 6.84. The fraction of sp³-hybridized carbons (Fsp3) is 0.259. The van der Waals surface area contributed by atoms with Crippen LogP contribution in [0.5, 0.6) is 0 Å². The molecule has 1 aliphatic rings. The van der Waals surface area contributed by atoms with Crippen LogP contribution in [0.2, 0.25) is 0 Å². The van der Waals surface area contributed by atoms with Gasteiger partial charge >= 0.3 is 0 Å². The van der Waals surface area contributed by atoms with Crippen LogP contribution < -0.4 is 10.2 Å². The van der Waals surface area contributed by atoms with Gasteiger partial charge in [-0.3, -0.25) is 14.5 Å². The second kappa shape index (κ2) is 10.0. The van der Waals surface area contributed by atoms with Gasteiger partial charge in [-0.25, -0.2) is 0 Å². The maximum Gasteiger partial charge on any atom is 0.238 e. The Bertz CT molecular complexity index is 1100. The monoisotopic (exact) mass is 444 g/mol. The lowest BCUT2D eigenvalue weighted by molar-refractivity contribution is -0.116. The number of para-hydroxylation sites is 1. The molecule has 1 atom stereocenters. The van der Waals surface area contributed by atoms with Crippen LogP contribution in [-0.4, -0.2) is 17.6 Å². The topological polar surface area (TPSA) is 49.4 Å². The SMILES string of the molecule is CC(C)c1ccccc1N1C(=O)CS[C@H]1c1cccc(NC(=O)CCc2ccccc2)c1. The van der Waals surface area contributed by atoms with Gasteiger partial charge in [-0.2, -0.15) is 0 Å². The van der Waals surface area contributed by atoms with E-state index in [2.05, 4.69) is 25.2 Å². The number of anilines is 2. The Morgan fingerprint density at radius 3 is 2.56 bits per heavy atom. The summed E-state index contributed by atoms with van der Waals surface area (Å²) >= 11 is 1.63. The van der Waals surface area contributed by atoms with Crippen molar-refractivity contribution in [3.63, 3.8) is 0 Å². The molecule has 1 fully saturated rings. The minimum atomic E-state index is -0.108. The van der Waals surface area contributed by atoms with Gasteiger partial charge < -0.3 is 5.32 Å². The number of hydrogen-bond acceptors (Lipinski definition) is 3. The van der Waals surface area contributed by atoms with Crippen molar-refractivity contribution >= 4 is 35.0 Å². The van der Waals surface area contributed by atoms with Crippen molar-refractivity contribution in [1.29, 1.82) is 0 Å². The Morgan fingerprint density at radius 2 is 1.78 bits per heavy atom. The van der Waals surface area contributed by atoms with Gasteiger partial charge in [-0.05, 0) is 47.2 Å². The molecule has 0 radical (unpaired) electrons. The highest BCUT2D eigenvalue weighted by Crippen LogP contribution is 2.44. The van der Waals surface area contributed by atoms with E-state index >= 15 is 0 Å². The van der Waals surface area contributed by atoms with Gasteiger partial charge in [0.25, 0.3) is 0 Å². The molecule has 5 heteroatoms. The van der Waals surface area contributed by atoms with Gasteiger partial charge in [0.1, 0.15) is 5.37 Å². The molecule has 1 aliphatic heterocycles. The summed E-state index contributed by atoms with van der Waals surface area (Å²) in [6, 6.07) is 26.0. The second-order valence-corrected chi connectivity index (χ2v) is 9.37. The largest absolute Gasteiger partial charge is 0.326 e. The summed E-state index contributed by atoms with van der Waals surface area (Å²) in [6.45, 7) is 4.29. The predicted molar refractivity (Wildman–Crippen MR) is 133 cm³/mol. The molecule has 4 nitrogen and oxygen atoms in total. The summed E-state index contributed by atoms with van der Waals surface area (Å²) in [7, 11) is 0. The highest BCUT2D eigenvalue weighted by atomic mass is 32.2. The first-order valence-electron chi connectivity index (χ1n) is 11.0. The fourth-order valence-corrected chi connectivity index (χ4v) is 5.18. The van der Waals surface area contributed by atoms with Crippen molar-refractivity contribution < 1.29 is 9.59 Å². The third kappa shape index (κ3) is 5.05. The zero-order chi connectivity index (χ0) is 22.5. The molecular formula is C27H28N2O2S. The molecule has 4 rings (SSSR count). The number of hydrogen-bond donors (Lipinski definition) is 1. The zero-order valence-electron chi connectivity index (χ0n) is 18.5. The van der Waals surface area contributed by atoms with Gasteiger partial charge in [0.05, 0.1) is 5.75 Å². The van der Waals surface area contributed by atoms with Crippen LogP contribution in [-0.2, 0) is 16.0 Å². The standard InChI is InChI=1S/C27H28N2O2S/c1-19(2)23-13-6-7-14-24(23)29-26(31)18-32-27(29)21-11-8-12-22(17-21)28-25(30)16-15-20-9-4-3-5-10-20/h3-14,17,19,27H,15-16,18H2,1-2H3,(H,28,30)/t27-/m0/s1. The Hall–Kier alpha value is -3.05. The van der Waals surface area contributed by atoms with E-state index in [0.29, 0.717) is 24.5 Å². The van der Waals surface area contributed by atoms with Crippen molar-refractivity contribution in [3.05, 3.63) is 95.6 Å². The van der Waals surface area contributed by atoms with Crippen molar-refractivity contribution in [2.75, 3.05) is 16.0 Å².